The lowest BCUT2D eigenvalue weighted by Gasteiger charge is -2.25. The van der Waals surface area contributed by atoms with E-state index in [-0.39, 0.29) is 5.41 Å². The minimum atomic E-state index is -0.0703. The number of hydrogen-bond donors (Lipinski definition) is 1. The van der Waals surface area contributed by atoms with Gasteiger partial charge in [0.25, 0.3) is 0 Å². The van der Waals surface area contributed by atoms with Crippen LogP contribution in [0.1, 0.15) is 25.0 Å². The van der Waals surface area contributed by atoms with Gasteiger partial charge in [-0.25, -0.2) is 0 Å². The van der Waals surface area contributed by atoms with E-state index in [4.69, 9.17) is 0 Å². The van der Waals surface area contributed by atoms with Crippen molar-refractivity contribution in [3.63, 3.8) is 0 Å². The highest BCUT2D eigenvalue weighted by atomic mass is 14.7. The zero-order valence-corrected chi connectivity index (χ0v) is 25.9. The number of para-hydroxylation sites is 1. The normalized spacial score (nSPS) is 13.6. The first-order valence-corrected chi connectivity index (χ1v) is 16.2. The molecule has 0 unspecified atom stereocenters. The Hall–Kier alpha value is -5.66. The van der Waals surface area contributed by atoms with Crippen LogP contribution in [0, 0.1) is 0 Å². The Labute approximate surface area is 267 Å². The van der Waals surface area contributed by atoms with Gasteiger partial charge in [0.2, 0.25) is 0 Å². The van der Waals surface area contributed by atoms with E-state index in [9.17, 15) is 0 Å². The minimum Gasteiger partial charge on any atom is -0.355 e. The Morgan fingerprint density at radius 2 is 0.935 bits per heavy atom. The summed E-state index contributed by atoms with van der Waals surface area (Å²) >= 11 is 0. The van der Waals surface area contributed by atoms with Crippen LogP contribution < -0.4 is 0 Å². The molecule has 8 aromatic carbocycles. The van der Waals surface area contributed by atoms with Crippen molar-refractivity contribution >= 4 is 54.1 Å². The van der Waals surface area contributed by atoms with E-state index in [0.717, 1.165) is 0 Å². The van der Waals surface area contributed by atoms with E-state index >= 15 is 0 Å². The van der Waals surface area contributed by atoms with Gasteiger partial charge in [0.05, 0.1) is 0 Å². The fourth-order valence-corrected chi connectivity index (χ4v) is 8.60. The molecule has 1 N–H and O–H groups in total. The lowest BCUT2D eigenvalue weighted by atomic mass is 9.78. The average Bonchev–Trinajstić information content (AvgIpc) is 3.58. The Morgan fingerprint density at radius 1 is 0.391 bits per heavy atom. The third-order valence-electron chi connectivity index (χ3n) is 10.6. The third-order valence-corrected chi connectivity index (χ3v) is 10.6. The monoisotopic (exact) mass is 585 g/mol. The summed E-state index contributed by atoms with van der Waals surface area (Å²) in [7, 11) is 0. The first-order valence-electron chi connectivity index (χ1n) is 16.2. The van der Waals surface area contributed by atoms with E-state index in [1.54, 1.807) is 0 Å². The van der Waals surface area contributed by atoms with Gasteiger partial charge >= 0.3 is 0 Å². The molecule has 0 saturated heterocycles. The Bertz CT molecular complexity index is 2660. The minimum absolute atomic E-state index is 0.0703. The largest absolute Gasteiger partial charge is 0.355 e. The van der Waals surface area contributed by atoms with Crippen LogP contribution in [0.2, 0.25) is 0 Å². The standard InChI is InChI=1S/C45H31N/c1-45(2)39-21-11-9-14-29(39)38-26-37(28-13-3-8-20-35(28)44(38)45)43-33-18-6-4-16-31(33)42(32-17-5-7-19-34(32)43)27-23-24-41-36(25-27)30-15-10-12-22-40(30)46-41/h3-26,46H,1-2H3. The Kier molecular flexibility index (Phi) is 5.12. The fourth-order valence-electron chi connectivity index (χ4n) is 8.60. The lowest BCUT2D eigenvalue weighted by Crippen LogP contribution is -2.15. The van der Waals surface area contributed by atoms with Gasteiger partial charge in [-0.15, -0.1) is 0 Å². The van der Waals surface area contributed by atoms with Crippen molar-refractivity contribution in [2.75, 3.05) is 0 Å². The maximum absolute atomic E-state index is 3.61. The van der Waals surface area contributed by atoms with Crippen LogP contribution in [0.15, 0.2) is 146 Å². The molecule has 10 rings (SSSR count). The van der Waals surface area contributed by atoms with Gasteiger partial charge in [-0.2, -0.15) is 0 Å². The molecule has 46 heavy (non-hydrogen) atoms. The summed E-state index contributed by atoms with van der Waals surface area (Å²) < 4.78 is 0. The van der Waals surface area contributed by atoms with Gasteiger partial charge in [-0.1, -0.05) is 135 Å². The van der Waals surface area contributed by atoms with E-state index in [2.05, 4.69) is 164 Å². The predicted molar refractivity (Wildman–Crippen MR) is 197 cm³/mol. The van der Waals surface area contributed by atoms with Crippen LogP contribution in [-0.4, -0.2) is 4.98 Å². The summed E-state index contributed by atoms with van der Waals surface area (Å²) in [5.41, 5.74) is 13.0. The molecule has 1 aliphatic carbocycles. The first kappa shape index (κ1) is 25.6. The molecular formula is C45H31N. The van der Waals surface area contributed by atoms with Crippen LogP contribution in [0.5, 0.6) is 0 Å². The SMILES string of the molecule is CC1(C)c2ccccc2-c2cc(-c3c4ccccc4c(-c4ccc5[nH]c6ccccc6c5c4)c4ccccc34)c3ccccc3c21. The van der Waals surface area contributed by atoms with Crippen molar-refractivity contribution in [1.29, 1.82) is 0 Å². The highest BCUT2D eigenvalue weighted by Gasteiger charge is 2.37. The average molecular weight is 586 g/mol. The molecule has 0 amide bonds. The molecular weight excluding hydrogens is 555 g/mol. The lowest BCUT2D eigenvalue weighted by molar-refractivity contribution is 0.666. The van der Waals surface area contributed by atoms with E-state index in [1.165, 1.54) is 98.6 Å². The summed E-state index contributed by atoms with van der Waals surface area (Å²) in [6.45, 7) is 4.77. The number of aromatic amines is 1. The summed E-state index contributed by atoms with van der Waals surface area (Å²) in [6, 6.07) is 54.1. The van der Waals surface area contributed by atoms with Crippen LogP contribution >= 0.6 is 0 Å². The van der Waals surface area contributed by atoms with Crippen molar-refractivity contribution in [1.82, 2.24) is 4.98 Å². The van der Waals surface area contributed by atoms with Crippen molar-refractivity contribution in [2.45, 2.75) is 19.3 Å². The smallest absolute Gasteiger partial charge is 0.0465 e. The molecule has 1 heteroatoms. The number of aromatic nitrogens is 1. The Morgan fingerprint density at radius 3 is 1.65 bits per heavy atom. The number of fused-ring (bicyclic) bond motifs is 10. The number of H-pyrrole nitrogens is 1. The van der Waals surface area contributed by atoms with Gasteiger partial charge in [0.1, 0.15) is 0 Å². The van der Waals surface area contributed by atoms with Crippen LogP contribution in [0.4, 0.5) is 0 Å². The molecule has 0 aliphatic heterocycles. The molecule has 0 fully saturated rings. The Balaban J connectivity index is 1.34. The summed E-state index contributed by atoms with van der Waals surface area (Å²) in [4.78, 5) is 3.61. The third kappa shape index (κ3) is 3.35. The fraction of sp³-hybridized carbons (Fsp3) is 0.0667. The van der Waals surface area contributed by atoms with Crippen LogP contribution in [0.3, 0.4) is 0 Å². The second kappa shape index (κ2) is 9.19. The number of benzene rings is 8. The maximum atomic E-state index is 3.61. The van der Waals surface area contributed by atoms with Crippen molar-refractivity contribution < 1.29 is 0 Å². The number of hydrogen-bond acceptors (Lipinski definition) is 0. The zero-order valence-electron chi connectivity index (χ0n) is 25.9. The summed E-state index contributed by atoms with van der Waals surface area (Å²) in [5, 5.41) is 10.3. The second-order valence-electron chi connectivity index (χ2n) is 13.3. The molecule has 1 nitrogen and oxygen atoms in total. The van der Waals surface area contributed by atoms with Gasteiger partial charge in [0.15, 0.2) is 0 Å². The quantitative estimate of drug-likeness (QED) is 0.194. The maximum Gasteiger partial charge on any atom is 0.0465 e. The first-order chi connectivity index (χ1) is 22.6. The van der Waals surface area contributed by atoms with E-state index in [1.807, 2.05) is 0 Å². The van der Waals surface area contributed by atoms with E-state index < -0.39 is 0 Å². The molecule has 1 heterocycles. The zero-order chi connectivity index (χ0) is 30.6. The molecule has 0 spiro atoms. The molecule has 216 valence electrons. The van der Waals surface area contributed by atoms with Gasteiger partial charge in [-0.05, 0) is 101 Å². The highest BCUT2D eigenvalue weighted by Crippen LogP contribution is 2.54. The second-order valence-corrected chi connectivity index (χ2v) is 13.3. The molecule has 0 radical (unpaired) electrons. The summed E-state index contributed by atoms with van der Waals surface area (Å²) in [6.07, 6.45) is 0. The van der Waals surface area contributed by atoms with Gasteiger partial charge < -0.3 is 4.98 Å². The molecule has 0 atom stereocenters. The molecule has 1 aromatic heterocycles. The number of nitrogens with one attached hydrogen (secondary N) is 1. The number of rotatable bonds is 2. The van der Waals surface area contributed by atoms with Crippen LogP contribution in [0.25, 0.3) is 87.5 Å². The summed E-state index contributed by atoms with van der Waals surface area (Å²) in [5.74, 6) is 0. The molecule has 1 aliphatic rings. The van der Waals surface area contributed by atoms with E-state index in [0.29, 0.717) is 0 Å². The van der Waals surface area contributed by atoms with Crippen LogP contribution in [-0.2, 0) is 5.41 Å². The highest BCUT2D eigenvalue weighted by molar-refractivity contribution is 6.25. The predicted octanol–water partition coefficient (Wildman–Crippen LogP) is 12.4. The topological polar surface area (TPSA) is 15.8 Å². The van der Waals surface area contributed by atoms with Crippen molar-refractivity contribution in [3.05, 3.63) is 157 Å². The molecule has 0 saturated carbocycles. The van der Waals surface area contributed by atoms with Crippen molar-refractivity contribution in [3.8, 4) is 33.4 Å². The van der Waals surface area contributed by atoms with Crippen molar-refractivity contribution in [2.24, 2.45) is 0 Å². The molecule has 9 aromatic rings. The van der Waals surface area contributed by atoms with Gasteiger partial charge in [0, 0.05) is 27.2 Å². The van der Waals surface area contributed by atoms with Gasteiger partial charge in [-0.3, -0.25) is 0 Å². The molecule has 0 bridgehead atoms.